The van der Waals surface area contributed by atoms with Crippen LogP contribution in [-0.2, 0) is 12.6 Å². The highest BCUT2D eigenvalue weighted by molar-refractivity contribution is 6.35. The third-order valence-corrected chi connectivity index (χ3v) is 6.41. The van der Waals surface area contributed by atoms with Crippen molar-refractivity contribution in [3.8, 4) is 17.5 Å². The Balaban J connectivity index is 1.50. The second kappa shape index (κ2) is 11.5. The van der Waals surface area contributed by atoms with E-state index in [1.54, 1.807) is 12.1 Å². The summed E-state index contributed by atoms with van der Waals surface area (Å²) in [5.74, 6) is 2.89. The Morgan fingerprint density at radius 2 is 1.74 bits per heavy atom. The Kier molecular flexibility index (Phi) is 7.83. The number of nitrogen functional groups attached to an aromatic ring is 2. The maximum Gasteiger partial charge on any atom is 0.417 e. The molecule has 5 rings (SSSR count). The number of anilines is 3. The first-order chi connectivity index (χ1) is 20.4. The quantitative estimate of drug-likeness (QED) is 0.191. The molecule has 15 heteroatoms. The Bertz CT molecular complexity index is 1980. The van der Waals surface area contributed by atoms with Crippen LogP contribution in [0.4, 0.5) is 39.4 Å². The molecule has 0 saturated carbocycles. The Hall–Kier alpha value is -5.29. The van der Waals surface area contributed by atoms with Gasteiger partial charge >= 0.3 is 6.18 Å². The Morgan fingerprint density at radius 1 is 1.00 bits per heavy atom. The lowest BCUT2D eigenvalue weighted by atomic mass is 10.1. The van der Waals surface area contributed by atoms with Crippen molar-refractivity contribution in [3.63, 3.8) is 0 Å². The van der Waals surface area contributed by atoms with E-state index in [9.17, 15) is 26.7 Å². The van der Waals surface area contributed by atoms with Crippen LogP contribution in [0.2, 0.25) is 5.02 Å². The molecule has 9 nitrogen and oxygen atoms in total. The molecule has 3 heterocycles. The summed E-state index contributed by atoms with van der Waals surface area (Å²) >= 11 is 6.24. The van der Waals surface area contributed by atoms with Crippen molar-refractivity contribution in [2.75, 3.05) is 23.3 Å². The second-order valence-corrected chi connectivity index (χ2v) is 9.40. The van der Waals surface area contributed by atoms with Crippen molar-refractivity contribution in [1.82, 2.24) is 24.5 Å². The second-order valence-electron chi connectivity index (χ2n) is 8.99. The number of hydrogen-bond acceptors (Lipinski definition) is 8. The van der Waals surface area contributed by atoms with Crippen molar-refractivity contribution in [1.29, 1.82) is 0 Å². The van der Waals surface area contributed by atoms with E-state index in [2.05, 4.69) is 37.1 Å². The van der Waals surface area contributed by atoms with E-state index in [0.717, 1.165) is 29.2 Å². The van der Waals surface area contributed by atoms with Crippen molar-refractivity contribution >= 4 is 40.0 Å². The van der Waals surface area contributed by atoms with Gasteiger partial charge in [0, 0.05) is 25.2 Å². The zero-order chi connectivity index (χ0) is 30.9. The number of pyridine rings is 1. The summed E-state index contributed by atoms with van der Waals surface area (Å²) in [7, 11) is 0. The SMILES string of the molecule is Nc1cc(C(F)(F)F)c(C#Cc2c(N)ncnc2NCCc2nc3cccc(Cl)c3c(=O)n2-c2cc(F)cc(F)c2)cn1. The summed E-state index contributed by atoms with van der Waals surface area (Å²) < 4.78 is 69.7. The fourth-order valence-electron chi connectivity index (χ4n) is 4.22. The first-order valence-electron chi connectivity index (χ1n) is 12.3. The standard InChI is InChI=1S/C28H18ClF5N8O/c29-20-2-1-3-21-24(20)27(43)42(17-9-15(30)8-16(31)10-17)23(41-21)6-7-37-26-18(25(36)39-13-40-26)5-4-14-12-38-22(35)11-19(14)28(32,33)34/h1-3,8-13H,6-7H2,(H2,35,38)(H3,36,37,39,40). The van der Waals surface area contributed by atoms with E-state index in [-0.39, 0.29) is 63.4 Å². The molecule has 0 unspecified atom stereocenters. The fourth-order valence-corrected chi connectivity index (χ4v) is 4.47. The molecule has 0 bridgehead atoms. The summed E-state index contributed by atoms with van der Waals surface area (Å²) in [6.07, 6.45) is -2.72. The number of nitrogens with zero attached hydrogens (tertiary/aromatic N) is 5. The zero-order valence-electron chi connectivity index (χ0n) is 21.7. The van der Waals surface area contributed by atoms with Gasteiger partial charge in [-0.1, -0.05) is 29.5 Å². The summed E-state index contributed by atoms with van der Waals surface area (Å²) in [5.41, 5.74) is 9.34. The first-order valence-corrected chi connectivity index (χ1v) is 12.7. The van der Waals surface area contributed by atoms with E-state index in [0.29, 0.717) is 12.1 Å². The number of alkyl halides is 3. The number of hydrogen-bond donors (Lipinski definition) is 3. The monoisotopic (exact) mass is 612 g/mol. The van der Waals surface area contributed by atoms with Gasteiger partial charge in [0.15, 0.2) is 0 Å². The fraction of sp³-hybridized carbons (Fsp3) is 0.107. The molecule has 2 aromatic carbocycles. The minimum atomic E-state index is -4.74. The van der Waals surface area contributed by atoms with E-state index < -0.39 is 34.5 Å². The van der Waals surface area contributed by atoms with Crippen LogP contribution >= 0.6 is 11.6 Å². The van der Waals surface area contributed by atoms with E-state index in [1.807, 2.05) is 0 Å². The topological polar surface area (TPSA) is 138 Å². The number of nitrogens with one attached hydrogen (secondary N) is 1. The third-order valence-electron chi connectivity index (χ3n) is 6.09. The van der Waals surface area contributed by atoms with Gasteiger partial charge in [-0.2, -0.15) is 13.2 Å². The molecular weight excluding hydrogens is 595 g/mol. The Labute approximate surface area is 244 Å². The highest BCUT2D eigenvalue weighted by Gasteiger charge is 2.33. The molecule has 5 aromatic rings. The number of benzene rings is 2. The average molecular weight is 613 g/mol. The average Bonchev–Trinajstić information content (AvgIpc) is 2.92. The molecule has 0 aliphatic carbocycles. The van der Waals surface area contributed by atoms with Crippen LogP contribution in [0.15, 0.2) is 59.8 Å². The van der Waals surface area contributed by atoms with Gasteiger partial charge in [0.05, 0.1) is 32.7 Å². The molecule has 43 heavy (non-hydrogen) atoms. The molecule has 0 atom stereocenters. The van der Waals surface area contributed by atoms with Crippen molar-refractivity contribution in [3.05, 3.63) is 105 Å². The van der Waals surface area contributed by atoms with Crippen LogP contribution < -0.4 is 22.3 Å². The normalized spacial score (nSPS) is 11.3. The number of aromatic nitrogens is 5. The lowest BCUT2D eigenvalue weighted by Crippen LogP contribution is -2.26. The van der Waals surface area contributed by atoms with E-state index >= 15 is 0 Å². The van der Waals surface area contributed by atoms with Gasteiger partial charge in [-0.05, 0) is 30.3 Å². The number of halogens is 6. The highest BCUT2D eigenvalue weighted by Crippen LogP contribution is 2.32. The molecule has 0 amide bonds. The lowest BCUT2D eigenvalue weighted by molar-refractivity contribution is -0.137. The Morgan fingerprint density at radius 3 is 2.47 bits per heavy atom. The summed E-state index contributed by atoms with van der Waals surface area (Å²) in [4.78, 5) is 29.6. The number of rotatable bonds is 5. The van der Waals surface area contributed by atoms with Crippen LogP contribution in [0.3, 0.4) is 0 Å². The molecule has 0 aliphatic heterocycles. The summed E-state index contributed by atoms with van der Waals surface area (Å²) in [6, 6.07) is 7.94. The maximum absolute atomic E-state index is 14.1. The predicted octanol–water partition coefficient (Wildman–Crippen LogP) is 4.74. The molecule has 0 saturated heterocycles. The van der Waals surface area contributed by atoms with Crippen molar-refractivity contribution in [2.24, 2.45) is 0 Å². The molecule has 3 aromatic heterocycles. The lowest BCUT2D eigenvalue weighted by Gasteiger charge is -2.15. The zero-order valence-corrected chi connectivity index (χ0v) is 22.4. The van der Waals surface area contributed by atoms with Gasteiger partial charge in [-0.25, -0.2) is 28.7 Å². The maximum atomic E-state index is 14.1. The number of fused-ring (bicyclic) bond motifs is 1. The van der Waals surface area contributed by atoms with Crippen LogP contribution in [0, 0.1) is 23.5 Å². The van der Waals surface area contributed by atoms with E-state index in [1.165, 1.54) is 6.07 Å². The molecule has 0 aliphatic rings. The van der Waals surface area contributed by atoms with Gasteiger partial charge < -0.3 is 16.8 Å². The van der Waals surface area contributed by atoms with Gasteiger partial charge in [0.2, 0.25) is 0 Å². The first kappa shape index (κ1) is 29.2. The van der Waals surface area contributed by atoms with Crippen molar-refractivity contribution < 1.29 is 22.0 Å². The molecule has 0 spiro atoms. The minimum absolute atomic E-state index is 0.00436. The molecular formula is C28H18ClF5N8O. The van der Waals surface area contributed by atoms with Crippen LogP contribution in [0.1, 0.15) is 22.5 Å². The van der Waals surface area contributed by atoms with Gasteiger partial charge in [0.1, 0.15) is 46.8 Å². The minimum Gasteiger partial charge on any atom is -0.384 e. The van der Waals surface area contributed by atoms with Crippen LogP contribution in [0.5, 0.6) is 0 Å². The molecule has 218 valence electrons. The molecule has 0 fully saturated rings. The predicted molar refractivity (Wildman–Crippen MR) is 151 cm³/mol. The highest BCUT2D eigenvalue weighted by atomic mass is 35.5. The van der Waals surface area contributed by atoms with Crippen LogP contribution in [0.25, 0.3) is 16.6 Å². The van der Waals surface area contributed by atoms with Gasteiger partial charge in [-0.15, -0.1) is 0 Å². The summed E-state index contributed by atoms with van der Waals surface area (Å²) in [6.45, 7) is 0.0265. The largest absolute Gasteiger partial charge is 0.417 e. The van der Waals surface area contributed by atoms with Crippen LogP contribution in [-0.4, -0.2) is 31.0 Å². The molecule has 0 radical (unpaired) electrons. The smallest absolute Gasteiger partial charge is 0.384 e. The van der Waals surface area contributed by atoms with Gasteiger partial charge in [0.25, 0.3) is 5.56 Å². The van der Waals surface area contributed by atoms with Crippen molar-refractivity contribution in [2.45, 2.75) is 12.6 Å². The molecule has 5 N–H and O–H groups in total. The number of nitrogens with two attached hydrogens (primary N) is 2. The third kappa shape index (κ3) is 6.16. The van der Waals surface area contributed by atoms with Gasteiger partial charge in [-0.3, -0.25) is 9.36 Å². The van der Waals surface area contributed by atoms with E-state index in [4.69, 9.17) is 23.1 Å². The summed E-state index contributed by atoms with van der Waals surface area (Å²) in [5, 5.41) is 3.12.